The maximum Gasteiger partial charge on any atom is 0.321 e. The zero-order valence-electron chi connectivity index (χ0n) is 13.4. The third kappa shape index (κ3) is 4.84. The fraction of sp³-hybridized carbons (Fsp3) is 0.500. The first-order valence-corrected chi connectivity index (χ1v) is 8.16. The van der Waals surface area contributed by atoms with Gasteiger partial charge in [0.15, 0.2) is 0 Å². The Morgan fingerprint density at radius 2 is 1.91 bits per heavy atom. The van der Waals surface area contributed by atoms with E-state index in [0.29, 0.717) is 11.1 Å². The molecule has 1 fully saturated rings. The van der Waals surface area contributed by atoms with Crippen LogP contribution in [0.4, 0.5) is 10.5 Å². The lowest BCUT2D eigenvalue weighted by atomic mass is 10.0. The van der Waals surface area contributed by atoms with E-state index < -0.39 is 6.03 Å². The predicted octanol–water partition coefficient (Wildman–Crippen LogP) is 2.06. The number of nitrogens with zero attached hydrogens (tertiary/aromatic N) is 1. The molecule has 0 aromatic heterocycles. The van der Waals surface area contributed by atoms with E-state index >= 15 is 0 Å². The molecule has 0 radical (unpaired) electrons. The highest BCUT2D eigenvalue weighted by Gasteiger charge is 2.27. The number of urea groups is 1. The molecule has 0 saturated carbocycles. The number of likely N-dealkylation sites (tertiary alicyclic amines) is 1. The number of benzene rings is 1. The van der Waals surface area contributed by atoms with Crippen LogP contribution in [0.5, 0.6) is 0 Å². The van der Waals surface area contributed by atoms with Gasteiger partial charge in [-0.15, -0.1) is 0 Å². The summed E-state index contributed by atoms with van der Waals surface area (Å²) in [5, 5.41) is 8.87. The molecule has 1 aliphatic heterocycles. The Hall–Kier alpha value is -1.79. The minimum absolute atomic E-state index is 0.276. The largest absolute Gasteiger partial charge is 0.381 e. The van der Waals surface area contributed by atoms with Crippen LogP contribution in [0.3, 0.4) is 0 Å². The van der Waals surface area contributed by atoms with E-state index in [1.807, 2.05) is 31.2 Å². The van der Waals surface area contributed by atoms with E-state index in [2.05, 4.69) is 20.9 Å². The average molecular weight is 339 g/mol. The van der Waals surface area contributed by atoms with Crippen LogP contribution in [0.1, 0.15) is 19.8 Å². The first-order chi connectivity index (χ1) is 11.0. The molecule has 1 heterocycles. The van der Waals surface area contributed by atoms with Crippen LogP contribution in [0.25, 0.3) is 0 Å². The standard InChI is InChI=1S/C16H23ClN4O2/c1-11(15(22)20-16(23)18-2)21-9-7-12(8-10-21)19-14-6-4-3-5-13(14)17/h3-6,11-12,19H,7-10H2,1-2H3,(H2,18,20,22,23)/t11-/m0/s1. The molecule has 2 rings (SSSR count). The number of imide groups is 1. The van der Waals surface area contributed by atoms with Gasteiger partial charge >= 0.3 is 6.03 Å². The van der Waals surface area contributed by atoms with Crippen LogP contribution in [0, 0.1) is 0 Å². The number of hydrogen-bond acceptors (Lipinski definition) is 4. The molecule has 0 aliphatic carbocycles. The number of piperidine rings is 1. The summed E-state index contributed by atoms with van der Waals surface area (Å²) in [4.78, 5) is 25.3. The number of rotatable bonds is 4. The molecule has 6 nitrogen and oxygen atoms in total. The number of nitrogens with one attached hydrogen (secondary N) is 3. The Labute approximate surface area is 141 Å². The highest BCUT2D eigenvalue weighted by Crippen LogP contribution is 2.24. The Morgan fingerprint density at radius 3 is 2.52 bits per heavy atom. The molecule has 3 N–H and O–H groups in total. The molecule has 0 bridgehead atoms. The molecule has 1 atom stereocenters. The molecule has 126 valence electrons. The second kappa shape index (κ2) is 8.17. The fourth-order valence-corrected chi connectivity index (χ4v) is 2.86. The highest BCUT2D eigenvalue weighted by atomic mass is 35.5. The summed E-state index contributed by atoms with van der Waals surface area (Å²) < 4.78 is 0. The van der Waals surface area contributed by atoms with Crippen molar-refractivity contribution >= 4 is 29.2 Å². The smallest absolute Gasteiger partial charge is 0.321 e. The van der Waals surface area contributed by atoms with Gasteiger partial charge in [0, 0.05) is 26.2 Å². The van der Waals surface area contributed by atoms with E-state index in [9.17, 15) is 9.59 Å². The van der Waals surface area contributed by atoms with Gasteiger partial charge < -0.3 is 10.6 Å². The Balaban J connectivity index is 1.82. The molecule has 3 amide bonds. The zero-order chi connectivity index (χ0) is 16.8. The third-order valence-corrected chi connectivity index (χ3v) is 4.48. The topological polar surface area (TPSA) is 73.5 Å². The lowest BCUT2D eigenvalue weighted by Crippen LogP contribution is -2.52. The molecular formula is C16H23ClN4O2. The molecule has 23 heavy (non-hydrogen) atoms. The van der Waals surface area contributed by atoms with Gasteiger partial charge in [0.1, 0.15) is 0 Å². The summed E-state index contributed by atoms with van der Waals surface area (Å²) >= 11 is 6.16. The average Bonchev–Trinajstić information content (AvgIpc) is 2.56. The first kappa shape index (κ1) is 17.6. The van der Waals surface area contributed by atoms with E-state index in [1.165, 1.54) is 7.05 Å². The summed E-state index contributed by atoms with van der Waals surface area (Å²) in [6.07, 6.45) is 1.84. The van der Waals surface area contributed by atoms with Gasteiger partial charge in [-0.1, -0.05) is 23.7 Å². The van der Waals surface area contributed by atoms with E-state index in [4.69, 9.17) is 11.6 Å². The quantitative estimate of drug-likeness (QED) is 0.785. The van der Waals surface area contributed by atoms with Crippen LogP contribution >= 0.6 is 11.6 Å². The van der Waals surface area contributed by atoms with Gasteiger partial charge in [0.25, 0.3) is 0 Å². The molecule has 1 aliphatic rings. The normalized spacial score (nSPS) is 17.3. The molecule has 1 saturated heterocycles. The molecule has 0 spiro atoms. The molecule has 1 aromatic rings. The monoisotopic (exact) mass is 338 g/mol. The fourth-order valence-electron chi connectivity index (χ4n) is 2.67. The van der Waals surface area contributed by atoms with Crippen molar-refractivity contribution in [3.05, 3.63) is 29.3 Å². The second-order valence-corrected chi connectivity index (χ2v) is 6.09. The number of carbonyl (C=O) groups excluding carboxylic acids is 2. The van der Waals surface area contributed by atoms with Crippen molar-refractivity contribution in [2.75, 3.05) is 25.5 Å². The van der Waals surface area contributed by atoms with Crippen molar-refractivity contribution in [2.24, 2.45) is 0 Å². The van der Waals surface area contributed by atoms with Gasteiger partial charge in [-0.3, -0.25) is 15.0 Å². The number of halogens is 1. The number of para-hydroxylation sites is 1. The second-order valence-electron chi connectivity index (χ2n) is 5.68. The van der Waals surface area contributed by atoms with Gasteiger partial charge in [0.2, 0.25) is 5.91 Å². The van der Waals surface area contributed by atoms with Crippen molar-refractivity contribution in [2.45, 2.75) is 31.8 Å². The van der Waals surface area contributed by atoms with Crippen LogP contribution in [-0.2, 0) is 4.79 Å². The minimum Gasteiger partial charge on any atom is -0.381 e. The van der Waals surface area contributed by atoms with E-state index in [-0.39, 0.29) is 11.9 Å². The molecule has 1 aromatic carbocycles. The number of anilines is 1. The number of carbonyl (C=O) groups is 2. The van der Waals surface area contributed by atoms with Crippen molar-refractivity contribution in [1.29, 1.82) is 0 Å². The van der Waals surface area contributed by atoms with Crippen LogP contribution in [0.15, 0.2) is 24.3 Å². The van der Waals surface area contributed by atoms with Crippen molar-refractivity contribution in [1.82, 2.24) is 15.5 Å². The van der Waals surface area contributed by atoms with Crippen LogP contribution in [-0.4, -0.2) is 49.1 Å². The van der Waals surface area contributed by atoms with Crippen molar-refractivity contribution in [3.8, 4) is 0 Å². The van der Waals surface area contributed by atoms with Crippen molar-refractivity contribution in [3.63, 3.8) is 0 Å². The molecule has 0 unspecified atom stereocenters. The van der Waals surface area contributed by atoms with Gasteiger partial charge in [-0.05, 0) is 31.9 Å². The Bertz CT molecular complexity index is 559. The van der Waals surface area contributed by atoms with E-state index in [1.54, 1.807) is 0 Å². The van der Waals surface area contributed by atoms with Gasteiger partial charge in [-0.25, -0.2) is 4.79 Å². The van der Waals surface area contributed by atoms with Crippen molar-refractivity contribution < 1.29 is 9.59 Å². The lowest BCUT2D eigenvalue weighted by Gasteiger charge is -2.35. The first-order valence-electron chi connectivity index (χ1n) is 7.79. The minimum atomic E-state index is -0.475. The molecular weight excluding hydrogens is 316 g/mol. The summed E-state index contributed by atoms with van der Waals surface area (Å²) in [5.41, 5.74) is 0.943. The maximum absolute atomic E-state index is 12.0. The lowest BCUT2D eigenvalue weighted by molar-refractivity contribution is -0.125. The summed E-state index contributed by atoms with van der Waals surface area (Å²) in [7, 11) is 1.49. The number of hydrogen-bond donors (Lipinski definition) is 3. The Morgan fingerprint density at radius 1 is 1.26 bits per heavy atom. The predicted molar refractivity (Wildman–Crippen MR) is 91.7 cm³/mol. The summed E-state index contributed by atoms with van der Waals surface area (Å²) in [5.74, 6) is -0.276. The highest BCUT2D eigenvalue weighted by molar-refractivity contribution is 6.33. The van der Waals surface area contributed by atoms with E-state index in [0.717, 1.165) is 31.6 Å². The SMILES string of the molecule is CNC(=O)NC(=O)[C@H](C)N1CCC(Nc2ccccc2Cl)CC1. The number of amides is 3. The van der Waals surface area contributed by atoms with Crippen LogP contribution in [0.2, 0.25) is 5.02 Å². The zero-order valence-corrected chi connectivity index (χ0v) is 14.2. The van der Waals surface area contributed by atoms with Gasteiger partial charge in [-0.2, -0.15) is 0 Å². The Kier molecular flexibility index (Phi) is 6.24. The third-order valence-electron chi connectivity index (χ3n) is 4.15. The molecule has 7 heteroatoms. The summed E-state index contributed by atoms with van der Waals surface area (Å²) in [6, 6.07) is 7.22. The van der Waals surface area contributed by atoms with Gasteiger partial charge in [0.05, 0.1) is 16.8 Å². The van der Waals surface area contributed by atoms with Crippen LogP contribution < -0.4 is 16.0 Å². The summed E-state index contributed by atoms with van der Waals surface area (Å²) in [6.45, 7) is 3.41. The maximum atomic E-state index is 12.0.